The number of methoxy groups -OCH3 is 1. The SMILES string of the molecule is CCC(O)CCNC(=O)NCc1cc(-c2ccc(OC)cc2)cs1. The molecule has 0 aliphatic rings. The predicted octanol–water partition coefficient (Wildman–Crippen LogP) is 3.38. The van der Waals surface area contributed by atoms with E-state index >= 15 is 0 Å². The van der Waals surface area contributed by atoms with Crippen molar-refractivity contribution in [1.82, 2.24) is 10.6 Å². The van der Waals surface area contributed by atoms with Crippen molar-refractivity contribution in [3.05, 3.63) is 40.6 Å². The van der Waals surface area contributed by atoms with E-state index < -0.39 is 0 Å². The number of amides is 2. The number of carbonyl (C=O) groups excluding carboxylic acids is 1. The first-order chi connectivity index (χ1) is 11.6. The molecule has 1 aromatic carbocycles. The summed E-state index contributed by atoms with van der Waals surface area (Å²) >= 11 is 1.61. The van der Waals surface area contributed by atoms with E-state index in [9.17, 15) is 9.90 Å². The molecule has 2 amide bonds. The smallest absolute Gasteiger partial charge is 0.315 e. The zero-order valence-corrected chi connectivity index (χ0v) is 14.9. The number of aliphatic hydroxyl groups excluding tert-OH is 1. The molecule has 3 N–H and O–H groups in total. The van der Waals surface area contributed by atoms with E-state index in [4.69, 9.17) is 4.74 Å². The van der Waals surface area contributed by atoms with Crippen molar-refractivity contribution in [2.24, 2.45) is 0 Å². The van der Waals surface area contributed by atoms with E-state index in [1.807, 2.05) is 31.2 Å². The lowest BCUT2D eigenvalue weighted by molar-refractivity contribution is 0.160. The van der Waals surface area contributed by atoms with Crippen LogP contribution in [0.3, 0.4) is 0 Å². The monoisotopic (exact) mass is 348 g/mol. The van der Waals surface area contributed by atoms with Gasteiger partial charge < -0.3 is 20.5 Å². The number of nitrogens with one attached hydrogen (secondary N) is 2. The van der Waals surface area contributed by atoms with E-state index in [1.54, 1.807) is 18.4 Å². The number of urea groups is 1. The molecule has 0 aliphatic carbocycles. The van der Waals surface area contributed by atoms with Crippen LogP contribution in [0, 0.1) is 0 Å². The van der Waals surface area contributed by atoms with Gasteiger partial charge in [-0.1, -0.05) is 19.1 Å². The second-order valence-corrected chi connectivity index (χ2v) is 6.49. The number of carbonyl (C=O) groups is 1. The van der Waals surface area contributed by atoms with E-state index in [-0.39, 0.29) is 12.1 Å². The summed E-state index contributed by atoms with van der Waals surface area (Å²) in [5.41, 5.74) is 2.25. The summed E-state index contributed by atoms with van der Waals surface area (Å²) in [4.78, 5) is 12.8. The van der Waals surface area contributed by atoms with Gasteiger partial charge in [0.05, 0.1) is 19.8 Å². The molecule has 0 saturated carbocycles. The van der Waals surface area contributed by atoms with E-state index in [2.05, 4.69) is 22.1 Å². The molecule has 1 aromatic heterocycles. The lowest BCUT2D eigenvalue weighted by Crippen LogP contribution is -2.36. The maximum absolute atomic E-state index is 11.7. The first-order valence-corrected chi connectivity index (χ1v) is 8.92. The van der Waals surface area contributed by atoms with Crippen LogP contribution in [0.1, 0.15) is 24.6 Å². The highest BCUT2D eigenvalue weighted by atomic mass is 32.1. The van der Waals surface area contributed by atoms with Gasteiger partial charge in [-0.05, 0) is 47.5 Å². The second kappa shape index (κ2) is 9.30. The summed E-state index contributed by atoms with van der Waals surface area (Å²) in [6, 6.07) is 9.77. The van der Waals surface area contributed by atoms with E-state index in [1.165, 1.54) is 0 Å². The number of ether oxygens (including phenoxy) is 1. The van der Waals surface area contributed by atoms with Gasteiger partial charge in [0.2, 0.25) is 0 Å². The minimum absolute atomic E-state index is 0.210. The van der Waals surface area contributed by atoms with Crippen LogP contribution in [-0.2, 0) is 6.54 Å². The van der Waals surface area contributed by atoms with Crippen molar-refractivity contribution < 1.29 is 14.6 Å². The molecule has 0 bridgehead atoms. The zero-order valence-electron chi connectivity index (χ0n) is 14.0. The van der Waals surface area contributed by atoms with Crippen LogP contribution in [0.25, 0.3) is 11.1 Å². The van der Waals surface area contributed by atoms with Gasteiger partial charge in [0.15, 0.2) is 0 Å². The Balaban J connectivity index is 1.79. The van der Waals surface area contributed by atoms with Crippen LogP contribution < -0.4 is 15.4 Å². The van der Waals surface area contributed by atoms with Gasteiger partial charge >= 0.3 is 6.03 Å². The molecule has 0 aliphatic heterocycles. The molecular formula is C18H24N2O3S. The highest BCUT2D eigenvalue weighted by Crippen LogP contribution is 2.27. The van der Waals surface area contributed by atoms with Gasteiger partial charge in [0, 0.05) is 11.4 Å². The number of thiophene rings is 1. The molecule has 24 heavy (non-hydrogen) atoms. The minimum atomic E-state index is -0.352. The van der Waals surface area contributed by atoms with Crippen molar-refractivity contribution in [3.63, 3.8) is 0 Å². The third-order valence-corrected chi connectivity index (χ3v) is 4.67. The van der Waals surface area contributed by atoms with Crippen LogP contribution in [0.5, 0.6) is 5.75 Å². The van der Waals surface area contributed by atoms with Crippen molar-refractivity contribution in [1.29, 1.82) is 0 Å². The Morgan fingerprint density at radius 2 is 2.00 bits per heavy atom. The fourth-order valence-electron chi connectivity index (χ4n) is 2.19. The normalized spacial score (nSPS) is 11.8. The van der Waals surface area contributed by atoms with Gasteiger partial charge in [-0.3, -0.25) is 0 Å². The Kier molecular flexibility index (Phi) is 7.08. The third kappa shape index (κ3) is 5.54. The molecular weight excluding hydrogens is 324 g/mol. The highest BCUT2D eigenvalue weighted by molar-refractivity contribution is 7.10. The first kappa shape index (κ1) is 18.3. The minimum Gasteiger partial charge on any atom is -0.497 e. The molecule has 6 heteroatoms. The largest absolute Gasteiger partial charge is 0.497 e. The zero-order chi connectivity index (χ0) is 17.4. The number of hydrogen-bond acceptors (Lipinski definition) is 4. The summed E-state index contributed by atoms with van der Waals surface area (Å²) in [6.45, 7) is 2.88. The average molecular weight is 348 g/mol. The number of aliphatic hydroxyl groups is 1. The molecule has 1 heterocycles. The lowest BCUT2D eigenvalue weighted by Gasteiger charge is -2.09. The standard InChI is InChI=1S/C18H24N2O3S/c1-3-15(21)8-9-19-18(22)20-11-17-10-14(12-24-17)13-4-6-16(23-2)7-5-13/h4-7,10,12,15,21H,3,8-9,11H2,1-2H3,(H2,19,20,22). The molecule has 0 spiro atoms. The van der Waals surface area contributed by atoms with Crippen LogP contribution in [0.2, 0.25) is 0 Å². The van der Waals surface area contributed by atoms with Crippen molar-refractivity contribution in [3.8, 4) is 16.9 Å². The summed E-state index contributed by atoms with van der Waals surface area (Å²) in [6.07, 6.45) is 0.923. The maximum atomic E-state index is 11.7. The van der Waals surface area contributed by atoms with Crippen LogP contribution in [-0.4, -0.2) is 30.9 Å². The Bertz CT molecular complexity index is 640. The van der Waals surface area contributed by atoms with E-state index in [0.717, 1.165) is 21.8 Å². The molecule has 1 unspecified atom stereocenters. The molecule has 0 radical (unpaired) electrons. The van der Waals surface area contributed by atoms with Crippen molar-refractivity contribution in [2.45, 2.75) is 32.4 Å². The number of benzene rings is 1. The van der Waals surface area contributed by atoms with E-state index in [0.29, 0.717) is 25.9 Å². The number of rotatable bonds is 8. The number of hydrogen-bond donors (Lipinski definition) is 3. The Labute approximate surface area is 146 Å². The summed E-state index contributed by atoms with van der Waals surface area (Å²) in [5, 5.41) is 17.1. The van der Waals surface area contributed by atoms with Crippen LogP contribution in [0.4, 0.5) is 4.79 Å². The Morgan fingerprint density at radius 1 is 1.25 bits per heavy atom. The molecule has 0 fully saturated rings. The lowest BCUT2D eigenvalue weighted by atomic mass is 10.1. The topological polar surface area (TPSA) is 70.6 Å². The predicted molar refractivity (Wildman–Crippen MR) is 97.5 cm³/mol. The summed E-state index contributed by atoms with van der Waals surface area (Å²) < 4.78 is 5.16. The van der Waals surface area contributed by atoms with Gasteiger partial charge in [-0.15, -0.1) is 11.3 Å². The molecule has 2 rings (SSSR count). The highest BCUT2D eigenvalue weighted by Gasteiger charge is 2.06. The maximum Gasteiger partial charge on any atom is 0.315 e. The summed E-state index contributed by atoms with van der Waals surface area (Å²) in [7, 11) is 1.65. The fraction of sp³-hybridized carbons (Fsp3) is 0.389. The fourth-order valence-corrected chi connectivity index (χ4v) is 3.03. The molecule has 130 valence electrons. The average Bonchev–Trinajstić information content (AvgIpc) is 3.09. The summed E-state index contributed by atoms with van der Waals surface area (Å²) in [5.74, 6) is 0.834. The molecule has 2 aromatic rings. The Morgan fingerprint density at radius 3 is 2.67 bits per heavy atom. The van der Waals surface area contributed by atoms with Crippen LogP contribution >= 0.6 is 11.3 Å². The quantitative estimate of drug-likeness (QED) is 0.685. The van der Waals surface area contributed by atoms with Gasteiger partial charge in [-0.2, -0.15) is 0 Å². The van der Waals surface area contributed by atoms with Gasteiger partial charge in [0.1, 0.15) is 5.75 Å². The Hall–Kier alpha value is -2.05. The van der Waals surface area contributed by atoms with Crippen molar-refractivity contribution >= 4 is 17.4 Å². The second-order valence-electron chi connectivity index (χ2n) is 5.49. The van der Waals surface area contributed by atoms with Gasteiger partial charge in [0.25, 0.3) is 0 Å². The molecule has 1 atom stereocenters. The van der Waals surface area contributed by atoms with Gasteiger partial charge in [-0.25, -0.2) is 4.79 Å². The third-order valence-electron chi connectivity index (χ3n) is 3.73. The molecule has 0 saturated heterocycles. The first-order valence-electron chi connectivity index (χ1n) is 8.04. The van der Waals surface area contributed by atoms with Crippen molar-refractivity contribution in [2.75, 3.05) is 13.7 Å². The molecule has 5 nitrogen and oxygen atoms in total. The van der Waals surface area contributed by atoms with Crippen LogP contribution in [0.15, 0.2) is 35.7 Å².